The van der Waals surface area contributed by atoms with Crippen LogP contribution in [0, 0.1) is 0 Å². The number of thioether (sulfide) groups is 1. The zero-order valence-corrected chi connectivity index (χ0v) is 10.4. The topological polar surface area (TPSA) is 94.0 Å². The molecule has 0 aliphatic carbocycles. The molecule has 0 spiro atoms. The Balaban J connectivity index is 2.07. The highest BCUT2D eigenvalue weighted by Crippen LogP contribution is 2.17. The lowest BCUT2D eigenvalue weighted by Gasteiger charge is -2.01. The molecule has 2 rings (SSSR count). The minimum Gasteiger partial charge on any atom is -0.481 e. The Labute approximate surface area is 105 Å². The molecule has 0 bridgehead atoms. The van der Waals surface area contributed by atoms with Crippen molar-refractivity contribution in [3.8, 4) is 0 Å². The zero-order chi connectivity index (χ0) is 12.3. The summed E-state index contributed by atoms with van der Waals surface area (Å²) in [4.78, 5) is 11.6. The van der Waals surface area contributed by atoms with Gasteiger partial charge in [-0.05, 0) is 11.4 Å². The summed E-state index contributed by atoms with van der Waals surface area (Å²) in [6.07, 6.45) is 0.606. The van der Waals surface area contributed by atoms with E-state index >= 15 is 0 Å². The number of rotatable bonds is 5. The Morgan fingerprint density at radius 1 is 1.59 bits per heavy atom. The van der Waals surface area contributed by atoms with Crippen LogP contribution >= 0.6 is 23.1 Å². The quantitative estimate of drug-likeness (QED) is 0.617. The highest BCUT2D eigenvalue weighted by Gasteiger charge is 2.12. The molecule has 0 radical (unpaired) electrons. The van der Waals surface area contributed by atoms with Crippen molar-refractivity contribution in [3.63, 3.8) is 0 Å². The van der Waals surface area contributed by atoms with Gasteiger partial charge in [0.05, 0.1) is 5.75 Å². The molecule has 0 aliphatic heterocycles. The van der Waals surface area contributed by atoms with Crippen LogP contribution < -0.4 is 5.84 Å². The fourth-order valence-electron chi connectivity index (χ4n) is 1.22. The Kier molecular flexibility index (Phi) is 3.64. The molecule has 0 amide bonds. The SMILES string of the molecule is Nn1c(Cc2cccs2)nnc1SCC(=O)O. The molecule has 0 unspecified atom stereocenters. The molecule has 2 heterocycles. The van der Waals surface area contributed by atoms with Crippen LogP contribution in [0.15, 0.2) is 22.7 Å². The van der Waals surface area contributed by atoms with Gasteiger partial charge in [-0.3, -0.25) is 4.79 Å². The highest BCUT2D eigenvalue weighted by molar-refractivity contribution is 7.99. The number of nitrogen functional groups attached to an aromatic ring is 1. The third-order valence-corrected chi connectivity index (χ3v) is 3.78. The summed E-state index contributed by atoms with van der Waals surface area (Å²) >= 11 is 2.67. The Bertz CT molecular complexity index is 509. The van der Waals surface area contributed by atoms with E-state index in [1.807, 2.05) is 17.5 Å². The number of aliphatic carboxylic acids is 1. The fraction of sp³-hybridized carbons (Fsp3) is 0.222. The minimum absolute atomic E-state index is 0.0751. The molecular formula is C9H10N4O2S2. The van der Waals surface area contributed by atoms with Crippen LogP contribution in [0.4, 0.5) is 0 Å². The summed E-state index contributed by atoms with van der Waals surface area (Å²) in [6, 6.07) is 3.95. The van der Waals surface area contributed by atoms with E-state index in [-0.39, 0.29) is 5.75 Å². The van der Waals surface area contributed by atoms with Gasteiger partial charge in [0, 0.05) is 11.3 Å². The van der Waals surface area contributed by atoms with Gasteiger partial charge < -0.3 is 10.9 Å². The maximum atomic E-state index is 10.4. The Hall–Kier alpha value is -1.54. The van der Waals surface area contributed by atoms with Crippen LogP contribution in [0.5, 0.6) is 0 Å². The van der Waals surface area contributed by atoms with E-state index < -0.39 is 5.97 Å². The van der Waals surface area contributed by atoms with Crippen LogP contribution in [-0.2, 0) is 11.2 Å². The number of aromatic nitrogens is 3. The lowest BCUT2D eigenvalue weighted by Crippen LogP contribution is -2.14. The second-order valence-corrected chi connectivity index (χ2v) is 5.18. The molecule has 0 saturated heterocycles. The summed E-state index contributed by atoms with van der Waals surface area (Å²) in [5, 5.41) is 18.8. The van der Waals surface area contributed by atoms with Gasteiger partial charge in [-0.15, -0.1) is 21.5 Å². The second-order valence-electron chi connectivity index (χ2n) is 3.21. The van der Waals surface area contributed by atoms with Gasteiger partial charge in [0.25, 0.3) is 0 Å². The Morgan fingerprint density at radius 2 is 2.41 bits per heavy atom. The zero-order valence-electron chi connectivity index (χ0n) is 8.74. The van der Waals surface area contributed by atoms with E-state index in [0.717, 1.165) is 16.6 Å². The van der Waals surface area contributed by atoms with E-state index in [9.17, 15) is 4.79 Å². The molecule has 0 aromatic carbocycles. The number of carbonyl (C=O) groups is 1. The van der Waals surface area contributed by atoms with Crippen molar-refractivity contribution in [1.29, 1.82) is 0 Å². The first-order chi connectivity index (χ1) is 8.16. The number of carboxylic acid groups (broad SMARTS) is 1. The summed E-state index contributed by atoms with van der Waals surface area (Å²) in [7, 11) is 0. The average molecular weight is 270 g/mol. The van der Waals surface area contributed by atoms with E-state index in [1.165, 1.54) is 4.68 Å². The fourth-order valence-corrected chi connectivity index (χ4v) is 2.52. The predicted octanol–water partition coefficient (Wildman–Crippen LogP) is 0.821. The summed E-state index contributed by atoms with van der Waals surface area (Å²) in [5.74, 6) is 5.43. The van der Waals surface area contributed by atoms with Gasteiger partial charge in [0.2, 0.25) is 5.16 Å². The van der Waals surface area contributed by atoms with Gasteiger partial charge in [-0.25, -0.2) is 4.68 Å². The normalized spacial score (nSPS) is 10.6. The largest absolute Gasteiger partial charge is 0.481 e. The summed E-state index contributed by atoms with van der Waals surface area (Å²) in [5.41, 5.74) is 0. The first-order valence-corrected chi connectivity index (χ1v) is 6.59. The van der Waals surface area contributed by atoms with Crippen LogP contribution in [0.25, 0.3) is 0 Å². The molecule has 2 aromatic heterocycles. The molecule has 2 aromatic rings. The van der Waals surface area contributed by atoms with Crippen LogP contribution in [0.1, 0.15) is 10.7 Å². The molecule has 90 valence electrons. The standard InChI is InChI=1S/C9H10N4O2S2/c10-13-7(4-6-2-1-3-16-6)11-12-9(13)17-5-8(14)15/h1-3H,4-5,10H2,(H,14,15). The molecular weight excluding hydrogens is 260 g/mol. The lowest BCUT2D eigenvalue weighted by atomic mass is 10.3. The van der Waals surface area contributed by atoms with Crippen molar-refractivity contribution >= 4 is 29.1 Å². The summed E-state index contributed by atoms with van der Waals surface area (Å²) in [6.45, 7) is 0. The van der Waals surface area contributed by atoms with Gasteiger partial charge in [0.15, 0.2) is 5.82 Å². The van der Waals surface area contributed by atoms with Crippen LogP contribution in [0.2, 0.25) is 0 Å². The molecule has 0 fully saturated rings. The maximum Gasteiger partial charge on any atom is 0.313 e. The van der Waals surface area contributed by atoms with Crippen molar-refractivity contribution in [1.82, 2.24) is 14.9 Å². The van der Waals surface area contributed by atoms with E-state index in [4.69, 9.17) is 10.9 Å². The van der Waals surface area contributed by atoms with Gasteiger partial charge >= 0.3 is 5.97 Å². The third kappa shape index (κ3) is 2.98. The molecule has 17 heavy (non-hydrogen) atoms. The molecule has 0 aliphatic rings. The van der Waals surface area contributed by atoms with Crippen molar-refractivity contribution in [3.05, 3.63) is 28.2 Å². The molecule has 8 heteroatoms. The Morgan fingerprint density at radius 3 is 3.06 bits per heavy atom. The van der Waals surface area contributed by atoms with Gasteiger partial charge in [-0.2, -0.15) is 0 Å². The maximum absolute atomic E-state index is 10.4. The third-order valence-electron chi connectivity index (χ3n) is 1.97. The van der Waals surface area contributed by atoms with Crippen molar-refractivity contribution < 1.29 is 9.90 Å². The van der Waals surface area contributed by atoms with Gasteiger partial charge in [0.1, 0.15) is 0 Å². The smallest absolute Gasteiger partial charge is 0.313 e. The van der Waals surface area contributed by atoms with Crippen molar-refractivity contribution in [2.45, 2.75) is 11.6 Å². The number of nitrogens with two attached hydrogens (primary N) is 1. The summed E-state index contributed by atoms with van der Waals surface area (Å²) < 4.78 is 1.34. The highest BCUT2D eigenvalue weighted by atomic mass is 32.2. The lowest BCUT2D eigenvalue weighted by molar-refractivity contribution is -0.133. The van der Waals surface area contributed by atoms with Gasteiger partial charge in [-0.1, -0.05) is 17.8 Å². The van der Waals surface area contributed by atoms with Crippen molar-refractivity contribution in [2.24, 2.45) is 0 Å². The predicted molar refractivity (Wildman–Crippen MR) is 65.7 cm³/mol. The van der Waals surface area contributed by atoms with Crippen molar-refractivity contribution in [2.75, 3.05) is 11.6 Å². The second kappa shape index (κ2) is 5.19. The average Bonchev–Trinajstić information content (AvgIpc) is 2.89. The molecule has 3 N–H and O–H groups in total. The van der Waals surface area contributed by atoms with Crippen LogP contribution in [0.3, 0.4) is 0 Å². The first kappa shape index (κ1) is 11.9. The number of thiophene rings is 1. The van der Waals surface area contributed by atoms with E-state index in [1.54, 1.807) is 11.3 Å². The molecule has 0 saturated carbocycles. The first-order valence-electron chi connectivity index (χ1n) is 4.73. The molecule has 6 nitrogen and oxygen atoms in total. The van der Waals surface area contributed by atoms with E-state index in [0.29, 0.717) is 17.4 Å². The van der Waals surface area contributed by atoms with Crippen LogP contribution in [-0.4, -0.2) is 31.7 Å². The monoisotopic (exact) mass is 270 g/mol. The molecule has 0 atom stereocenters. The number of carboxylic acids is 1. The number of hydrogen-bond acceptors (Lipinski definition) is 6. The number of hydrogen-bond donors (Lipinski definition) is 2. The van der Waals surface area contributed by atoms with E-state index in [2.05, 4.69) is 10.2 Å². The number of nitrogens with zero attached hydrogens (tertiary/aromatic N) is 3. The minimum atomic E-state index is -0.905.